The normalized spacial score (nSPS) is 10.7. The Kier molecular flexibility index (Phi) is 3.78. The van der Waals surface area contributed by atoms with E-state index in [-0.39, 0.29) is 0 Å². The van der Waals surface area contributed by atoms with E-state index in [2.05, 4.69) is 4.99 Å². The van der Waals surface area contributed by atoms with Crippen molar-refractivity contribution in [3.8, 4) is 5.75 Å². The van der Waals surface area contributed by atoms with E-state index in [1.807, 2.05) is 48.5 Å². The van der Waals surface area contributed by atoms with Gasteiger partial charge in [0, 0.05) is 6.21 Å². The maximum atomic E-state index is 6.02. The van der Waals surface area contributed by atoms with Crippen LogP contribution in [0.4, 0.5) is 5.69 Å². The van der Waals surface area contributed by atoms with Crippen molar-refractivity contribution in [1.29, 1.82) is 0 Å². The highest BCUT2D eigenvalue weighted by molar-refractivity contribution is 6.32. The van der Waals surface area contributed by atoms with Crippen LogP contribution >= 0.6 is 11.6 Å². The number of nitrogens with zero attached hydrogens (tertiary/aromatic N) is 1. The monoisotopic (exact) mass is 245 g/mol. The largest absolute Gasteiger partial charge is 0.495 e. The summed E-state index contributed by atoms with van der Waals surface area (Å²) in [4.78, 5) is 4.35. The van der Waals surface area contributed by atoms with Gasteiger partial charge in [-0.25, -0.2) is 0 Å². The van der Waals surface area contributed by atoms with Gasteiger partial charge in [-0.3, -0.25) is 4.99 Å². The maximum Gasteiger partial charge on any atom is 0.137 e. The molecule has 86 valence electrons. The highest BCUT2D eigenvalue weighted by Crippen LogP contribution is 2.24. The van der Waals surface area contributed by atoms with Crippen LogP contribution in [-0.2, 0) is 0 Å². The Hall–Kier alpha value is -1.80. The number of benzene rings is 2. The number of ether oxygens (including phenoxy) is 1. The van der Waals surface area contributed by atoms with E-state index in [0.29, 0.717) is 10.8 Å². The van der Waals surface area contributed by atoms with Crippen LogP contribution in [0.1, 0.15) is 5.56 Å². The molecule has 2 rings (SSSR count). The third kappa shape index (κ3) is 3.08. The fourth-order valence-electron chi connectivity index (χ4n) is 1.43. The zero-order valence-electron chi connectivity index (χ0n) is 9.43. The lowest BCUT2D eigenvalue weighted by molar-refractivity contribution is 0.415. The lowest BCUT2D eigenvalue weighted by Gasteiger charge is -2.02. The van der Waals surface area contributed by atoms with Crippen molar-refractivity contribution >= 4 is 23.5 Å². The van der Waals surface area contributed by atoms with Gasteiger partial charge in [0.2, 0.25) is 0 Å². The summed E-state index contributed by atoms with van der Waals surface area (Å²) in [5.74, 6) is 0.670. The Morgan fingerprint density at radius 1 is 1.12 bits per heavy atom. The van der Waals surface area contributed by atoms with Gasteiger partial charge in [-0.15, -0.1) is 0 Å². The minimum atomic E-state index is 0.588. The van der Waals surface area contributed by atoms with Crippen molar-refractivity contribution in [3.05, 3.63) is 59.1 Å². The Balaban J connectivity index is 2.19. The van der Waals surface area contributed by atoms with Crippen LogP contribution in [0.2, 0.25) is 5.02 Å². The molecule has 2 aromatic rings. The molecular formula is C14H12ClNO. The summed E-state index contributed by atoms with van der Waals surface area (Å²) in [6, 6.07) is 15.3. The van der Waals surface area contributed by atoms with Gasteiger partial charge >= 0.3 is 0 Å². The molecule has 0 spiro atoms. The minimum Gasteiger partial charge on any atom is -0.495 e. The first-order chi connectivity index (χ1) is 8.29. The third-order valence-electron chi connectivity index (χ3n) is 2.29. The average molecular weight is 246 g/mol. The molecule has 0 radical (unpaired) electrons. The zero-order valence-corrected chi connectivity index (χ0v) is 10.2. The number of methoxy groups -OCH3 is 1. The van der Waals surface area contributed by atoms with Gasteiger partial charge in [0.1, 0.15) is 5.75 Å². The van der Waals surface area contributed by atoms with Gasteiger partial charge in [-0.05, 0) is 35.9 Å². The SMILES string of the molecule is COc1ccc(C=Nc2ccccc2)cc1Cl. The first-order valence-corrected chi connectivity index (χ1v) is 5.60. The van der Waals surface area contributed by atoms with Crippen LogP contribution < -0.4 is 4.74 Å². The summed E-state index contributed by atoms with van der Waals surface area (Å²) in [6.07, 6.45) is 1.78. The molecule has 0 aromatic heterocycles. The van der Waals surface area contributed by atoms with Crippen LogP contribution in [0.25, 0.3) is 0 Å². The molecule has 0 saturated heterocycles. The lowest BCUT2D eigenvalue weighted by Crippen LogP contribution is -1.86. The van der Waals surface area contributed by atoms with Crippen molar-refractivity contribution < 1.29 is 4.74 Å². The number of halogens is 1. The maximum absolute atomic E-state index is 6.02. The van der Waals surface area contributed by atoms with E-state index in [1.54, 1.807) is 13.3 Å². The fraction of sp³-hybridized carbons (Fsp3) is 0.0714. The highest BCUT2D eigenvalue weighted by Gasteiger charge is 1.99. The lowest BCUT2D eigenvalue weighted by atomic mass is 10.2. The van der Waals surface area contributed by atoms with Crippen molar-refractivity contribution in [2.75, 3.05) is 7.11 Å². The van der Waals surface area contributed by atoms with Crippen LogP contribution in [0.3, 0.4) is 0 Å². The van der Waals surface area contributed by atoms with E-state index < -0.39 is 0 Å². The predicted molar refractivity (Wildman–Crippen MR) is 71.7 cm³/mol. The van der Waals surface area contributed by atoms with E-state index in [9.17, 15) is 0 Å². The average Bonchev–Trinajstić information content (AvgIpc) is 2.38. The Labute approximate surface area is 106 Å². The van der Waals surface area contributed by atoms with Gasteiger partial charge in [0.25, 0.3) is 0 Å². The predicted octanol–water partition coefficient (Wildman–Crippen LogP) is 4.10. The molecule has 0 fully saturated rings. The molecular weight excluding hydrogens is 234 g/mol. The van der Waals surface area contributed by atoms with Gasteiger partial charge in [0.15, 0.2) is 0 Å². The van der Waals surface area contributed by atoms with Crippen molar-refractivity contribution in [2.45, 2.75) is 0 Å². The smallest absolute Gasteiger partial charge is 0.137 e. The first-order valence-electron chi connectivity index (χ1n) is 5.22. The molecule has 0 aliphatic rings. The molecule has 0 aliphatic carbocycles. The Morgan fingerprint density at radius 3 is 2.53 bits per heavy atom. The van der Waals surface area contributed by atoms with Crippen LogP contribution in [0.15, 0.2) is 53.5 Å². The molecule has 0 N–H and O–H groups in total. The minimum absolute atomic E-state index is 0.588. The Morgan fingerprint density at radius 2 is 1.88 bits per heavy atom. The summed E-state index contributed by atoms with van der Waals surface area (Å²) in [5, 5.41) is 0.588. The third-order valence-corrected chi connectivity index (χ3v) is 2.59. The molecule has 2 aromatic carbocycles. The second-order valence-electron chi connectivity index (χ2n) is 3.49. The zero-order chi connectivity index (χ0) is 12.1. The quantitative estimate of drug-likeness (QED) is 0.746. The van der Waals surface area contributed by atoms with Crippen molar-refractivity contribution in [1.82, 2.24) is 0 Å². The number of aliphatic imine (C=N–C) groups is 1. The summed E-state index contributed by atoms with van der Waals surface area (Å²) in [7, 11) is 1.60. The molecule has 0 aliphatic heterocycles. The second-order valence-corrected chi connectivity index (χ2v) is 3.89. The van der Waals surface area contributed by atoms with Gasteiger partial charge in [-0.1, -0.05) is 29.8 Å². The number of para-hydroxylation sites is 1. The molecule has 2 nitrogen and oxygen atoms in total. The topological polar surface area (TPSA) is 21.6 Å². The molecule has 0 heterocycles. The van der Waals surface area contributed by atoms with Crippen molar-refractivity contribution in [2.24, 2.45) is 4.99 Å². The fourth-order valence-corrected chi connectivity index (χ4v) is 1.69. The van der Waals surface area contributed by atoms with E-state index in [1.165, 1.54) is 0 Å². The van der Waals surface area contributed by atoms with E-state index in [0.717, 1.165) is 11.3 Å². The molecule has 0 atom stereocenters. The summed E-state index contributed by atoms with van der Waals surface area (Å²) >= 11 is 6.02. The summed E-state index contributed by atoms with van der Waals surface area (Å²) in [5.41, 5.74) is 1.86. The molecule has 3 heteroatoms. The molecule has 0 bridgehead atoms. The second kappa shape index (κ2) is 5.51. The molecule has 0 unspecified atom stereocenters. The van der Waals surface area contributed by atoms with Crippen LogP contribution in [0.5, 0.6) is 5.75 Å². The summed E-state index contributed by atoms with van der Waals surface area (Å²) in [6.45, 7) is 0. The van der Waals surface area contributed by atoms with Gasteiger partial charge < -0.3 is 4.74 Å². The number of hydrogen-bond acceptors (Lipinski definition) is 2. The number of hydrogen-bond donors (Lipinski definition) is 0. The highest BCUT2D eigenvalue weighted by atomic mass is 35.5. The van der Waals surface area contributed by atoms with Gasteiger partial charge in [-0.2, -0.15) is 0 Å². The number of rotatable bonds is 3. The standard InChI is InChI=1S/C14H12ClNO/c1-17-14-8-7-11(9-13(14)15)10-16-12-5-3-2-4-6-12/h2-10H,1H3. The van der Waals surface area contributed by atoms with Crippen LogP contribution in [-0.4, -0.2) is 13.3 Å². The summed E-state index contributed by atoms with van der Waals surface area (Å²) < 4.78 is 5.09. The van der Waals surface area contributed by atoms with Crippen LogP contribution in [0, 0.1) is 0 Å². The first kappa shape index (κ1) is 11.7. The molecule has 0 saturated carbocycles. The molecule has 0 amide bonds. The Bertz CT molecular complexity index is 523. The van der Waals surface area contributed by atoms with E-state index in [4.69, 9.17) is 16.3 Å². The molecule has 17 heavy (non-hydrogen) atoms. The van der Waals surface area contributed by atoms with Gasteiger partial charge in [0.05, 0.1) is 17.8 Å². The van der Waals surface area contributed by atoms with Crippen molar-refractivity contribution in [3.63, 3.8) is 0 Å². The van der Waals surface area contributed by atoms with E-state index >= 15 is 0 Å².